The van der Waals surface area contributed by atoms with Gasteiger partial charge in [-0.1, -0.05) is 6.07 Å². The Morgan fingerprint density at radius 3 is 2.65 bits per heavy atom. The van der Waals surface area contributed by atoms with E-state index in [-0.39, 0.29) is 18.3 Å². The molecule has 2 aliphatic rings. The number of amides is 1. The largest absolute Gasteiger partial charge is 0.508 e. The van der Waals surface area contributed by atoms with Gasteiger partial charge in [0.15, 0.2) is 0 Å². The average Bonchev–Trinajstić information content (AvgIpc) is 2.66. The Morgan fingerprint density at radius 2 is 1.96 bits per heavy atom. The number of aliphatic hydroxyl groups excluding tert-OH is 1. The Labute approximate surface area is 156 Å². The average molecular weight is 361 g/mol. The second kappa shape index (κ2) is 8.84. The Morgan fingerprint density at radius 1 is 1.19 bits per heavy atom. The van der Waals surface area contributed by atoms with E-state index in [1.807, 2.05) is 4.90 Å². The summed E-state index contributed by atoms with van der Waals surface area (Å²) in [6.45, 7) is 6.03. The lowest BCUT2D eigenvalue weighted by atomic mass is 9.86. The van der Waals surface area contributed by atoms with E-state index < -0.39 is 0 Å². The number of phenols is 1. The highest BCUT2D eigenvalue weighted by atomic mass is 16.3. The Kier molecular flexibility index (Phi) is 6.51. The van der Waals surface area contributed by atoms with Crippen LogP contribution in [0, 0.1) is 5.92 Å². The molecule has 144 valence electrons. The maximum atomic E-state index is 12.8. The number of benzene rings is 1. The molecule has 0 bridgehead atoms. The third-order valence-electron chi connectivity index (χ3n) is 5.81. The number of aliphatic hydroxyl groups is 1. The van der Waals surface area contributed by atoms with E-state index in [9.17, 15) is 15.0 Å². The highest BCUT2D eigenvalue weighted by Gasteiger charge is 2.35. The standard InChI is InChI=1S/C20H31N3O3/c1-21-9-11-22(12-10-21)19-7-8-23(15-17(19)5-3-13-24)20(26)16-4-2-6-18(25)14-16/h2,4,6,14,17,19,24-25H,3,5,7-13,15H2,1H3. The zero-order valence-electron chi connectivity index (χ0n) is 15.7. The van der Waals surface area contributed by atoms with E-state index in [1.165, 1.54) is 6.07 Å². The molecule has 2 fully saturated rings. The third kappa shape index (κ3) is 4.55. The zero-order chi connectivity index (χ0) is 18.5. The monoisotopic (exact) mass is 361 g/mol. The molecule has 2 saturated heterocycles. The number of phenolic OH excluding ortho intramolecular Hbond substituents is 1. The van der Waals surface area contributed by atoms with Gasteiger partial charge in [0.1, 0.15) is 5.75 Å². The van der Waals surface area contributed by atoms with Gasteiger partial charge in [0.2, 0.25) is 0 Å². The molecule has 6 nitrogen and oxygen atoms in total. The number of nitrogens with zero attached hydrogens (tertiary/aromatic N) is 3. The molecule has 0 radical (unpaired) electrons. The number of likely N-dealkylation sites (tertiary alicyclic amines) is 1. The van der Waals surface area contributed by atoms with Crippen LogP contribution in [0.4, 0.5) is 0 Å². The highest BCUT2D eigenvalue weighted by molar-refractivity contribution is 5.94. The van der Waals surface area contributed by atoms with E-state index >= 15 is 0 Å². The van der Waals surface area contributed by atoms with Crippen LogP contribution in [-0.2, 0) is 0 Å². The number of piperazine rings is 1. The summed E-state index contributed by atoms with van der Waals surface area (Å²) in [7, 11) is 2.16. The fourth-order valence-electron chi connectivity index (χ4n) is 4.30. The van der Waals surface area contributed by atoms with Gasteiger partial charge in [-0.25, -0.2) is 0 Å². The van der Waals surface area contributed by atoms with E-state index in [0.29, 0.717) is 17.5 Å². The number of hydrogen-bond acceptors (Lipinski definition) is 5. The van der Waals surface area contributed by atoms with Crippen molar-refractivity contribution in [3.8, 4) is 5.75 Å². The van der Waals surface area contributed by atoms with Gasteiger partial charge in [0.25, 0.3) is 5.91 Å². The molecule has 2 unspecified atom stereocenters. The molecule has 0 saturated carbocycles. The molecule has 1 aromatic rings. The fraction of sp³-hybridized carbons (Fsp3) is 0.650. The van der Waals surface area contributed by atoms with Crippen LogP contribution in [0.15, 0.2) is 24.3 Å². The van der Waals surface area contributed by atoms with Crippen molar-refractivity contribution in [2.45, 2.75) is 25.3 Å². The van der Waals surface area contributed by atoms with Crippen molar-refractivity contribution in [2.75, 3.05) is 52.9 Å². The van der Waals surface area contributed by atoms with E-state index in [0.717, 1.165) is 58.5 Å². The summed E-state index contributed by atoms with van der Waals surface area (Å²) in [5.74, 6) is 0.507. The smallest absolute Gasteiger partial charge is 0.253 e. The normalized spacial score (nSPS) is 25.4. The van der Waals surface area contributed by atoms with Crippen LogP contribution in [0.5, 0.6) is 5.75 Å². The first kappa shape index (κ1) is 19.1. The first-order valence-electron chi connectivity index (χ1n) is 9.70. The summed E-state index contributed by atoms with van der Waals surface area (Å²) in [5.41, 5.74) is 0.545. The van der Waals surface area contributed by atoms with Crippen LogP contribution >= 0.6 is 0 Å². The van der Waals surface area contributed by atoms with Crippen molar-refractivity contribution < 1.29 is 15.0 Å². The Balaban J connectivity index is 1.68. The van der Waals surface area contributed by atoms with Gasteiger partial charge in [-0.05, 0) is 50.4 Å². The van der Waals surface area contributed by atoms with Crippen LogP contribution in [0.3, 0.4) is 0 Å². The third-order valence-corrected chi connectivity index (χ3v) is 5.81. The van der Waals surface area contributed by atoms with Gasteiger partial charge in [-0.15, -0.1) is 0 Å². The maximum absolute atomic E-state index is 12.8. The summed E-state index contributed by atoms with van der Waals surface area (Å²) in [4.78, 5) is 19.7. The second-order valence-electron chi connectivity index (χ2n) is 7.62. The Bertz CT molecular complexity index is 602. The molecule has 2 heterocycles. The number of piperidine rings is 1. The van der Waals surface area contributed by atoms with Crippen molar-refractivity contribution >= 4 is 5.91 Å². The molecule has 6 heteroatoms. The predicted molar refractivity (Wildman–Crippen MR) is 101 cm³/mol. The molecule has 1 amide bonds. The minimum absolute atomic E-state index is 0.00766. The van der Waals surface area contributed by atoms with Crippen LogP contribution in [-0.4, -0.2) is 89.8 Å². The topological polar surface area (TPSA) is 67.2 Å². The van der Waals surface area contributed by atoms with Crippen LogP contribution in [0.2, 0.25) is 0 Å². The maximum Gasteiger partial charge on any atom is 0.253 e. The molecule has 0 aromatic heterocycles. The number of carbonyl (C=O) groups is 1. The first-order chi connectivity index (χ1) is 12.6. The molecular weight excluding hydrogens is 330 g/mol. The minimum Gasteiger partial charge on any atom is -0.508 e. The summed E-state index contributed by atoms with van der Waals surface area (Å²) in [6, 6.07) is 7.08. The summed E-state index contributed by atoms with van der Waals surface area (Å²) >= 11 is 0. The first-order valence-corrected chi connectivity index (χ1v) is 9.70. The number of aromatic hydroxyl groups is 1. The van der Waals surface area contributed by atoms with Gasteiger partial charge in [-0.3, -0.25) is 9.69 Å². The predicted octanol–water partition coefficient (Wildman–Crippen LogP) is 1.24. The summed E-state index contributed by atoms with van der Waals surface area (Å²) in [5, 5.41) is 18.9. The van der Waals surface area contributed by atoms with Crippen LogP contribution in [0.1, 0.15) is 29.6 Å². The lowest BCUT2D eigenvalue weighted by Crippen LogP contribution is -2.56. The van der Waals surface area contributed by atoms with Gasteiger partial charge >= 0.3 is 0 Å². The second-order valence-corrected chi connectivity index (χ2v) is 7.62. The molecule has 2 aliphatic heterocycles. The quantitative estimate of drug-likeness (QED) is 0.826. The Hall–Kier alpha value is -1.63. The molecule has 3 rings (SSSR count). The van der Waals surface area contributed by atoms with E-state index in [4.69, 9.17) is 0 Å². The SMILES string of the molecule is CN1CCN(C2CCN(C(=O)c3cccc(O)c3)CC2CCCO)CC1. The summed E-state index contributed by atoms with van der Waals surface area (Å²) in [6.07, 6.45) is 2.70. The number of likely N-dealkylation sites (N-methyl/N-ethyl adjacent to an activating group) is 1. The number of carbonyl (C=O) groups excluding carboxylic acids is 1. The van der Waals surface area contributed by atoms with Crippen molar-refractivity contribution in [3.63, 3.8) is 0 Å². The summed E-state index contributed by atoms with van der Waals surface area (Å²) < 4.78 is 0. The van der Waals surface area contributed by atoms with Crippen molar-refractivity contribution in [1.29, 1.82) is 0 Å². The van der Waals surface area contributed by atoms with Crippen molar-refractivity contribution in [3.05, 3.63) is 29.8 Å². The molecule has 1 aromatic carbocycles. The molecule has 26 heavy (non-hydrogen) atoms. The van der Waals surface area contributed by atoms with Gasteiger partial charge in [0.05, 0.1) is 0 Å². The molecule has 0 spiro atoms. The number of hydrogen-bond donors (Lipinski definition) is 2. The van der Waals surface area contributed by atoms with E-state index in [1.54, 1.807) is 18.2 Å². The molecule has 0 aliphatic carbocycles. The van der Waals surface area contributed by atoms with Crippen LogP contribution in [0.25, 0.3) is 0 Å². The van der Waals surface area contributed by atoms with Gasteiger partial charge in [0, 0.05) is 57.5 Å². The van der Waals surface area contributed by atoms with Crippen LogP contribution < -0.4 is 0 Å². The van der Waals surface area contributed by atoms with Crippen molar-refractivity contribution in [1.82, 2.24) is 14.7 Å². The lowest BCUT2D eigenvalue weighted by molar-refractivity contribution is 0.0217. The molecular formula is C20H31N3O3. The van der Waals surface area contributed by atoms with E-state index in [2.05, 4.69) is 16.8 Å². The van der Waals surface area contributed by atoms with Gasteiger partial charge in [-0.2, -0.15) is 0 Å². The number of rotatable bonds is 5. The fourth-order valence-corrected chi connectivity index (χ4v) is 4.30. The highest BCUT2D eigenvalue weighted by Crippen LogP contribution is 2.28. The molecule has 2 atom stereocenters. The zero-order valence-corrected chi connectivity index (χ0v) is 15.7. The van der Waals surface area contributed by atoms with Crippen molar-refractivity contribution in [2.24, 2.45) is 5.92 Å². The molecule has 2 N–H and O–H groups in total. The minimum atomic E-state index is -0.00766. The lowest BCUT2D eigenvalue weighted by Gasteiger charge is -2.46. The van der Waals surface area contributed by atoms with Gasteiger partial charge < -0.3 is 20.0 Å².